The highest BCUT2D eigenvalue weighted by molar-refractivity contribution is 6.34. The molecule has 3 amide bonds. The number of anilines is 2. The maximum absolute atomic E-state index is 13.4. The third-order valence-electron chi connectivity index (χ3n) is 11.9. The van der Waals surface area contributed by atoms with Crippen molar-refractivity contribution in [2.75, 3.05) is 44.0 Å². The van der Waals surface area contributed by atoms with Crippen LogP contribution in [0.3, 0.4) is 0 Å². The standard InChI is InChI=1S/C39H47ClN10O5/c1-45(25-14-16-48(17-15-25)30-6-5-7-31-36(30)47(3)39(54)50(31)32-12-13-34(51)42-37(32)52)20-23-8-10-26(11-9-23)49-21-24-18-29(33(55-4)19-28(24)43-49)41-38(53)35-27(40)22-46(2)44-35/h5-7,18-19,21-23,25-26,32H,8-17,20H2,1-4H3,(H,41,53)(H,42,51,52). The molecule has 0 spiro atoms. The Morgan fingerprint density at radius 2 is 1.78 bits per heavy atom. The molecule has 1 aliphatic carbocycles. The number of hydrogen-bond acceptors (Lipinski definition) is 9. The second-order valence-electron chi connectivity index (χ2n) is 15.3. The van der Waals surface area contributed by atoms with Crippen molar-refractivity contribution < 1.29 is 19.1 Å². The van der Waals surface area contributed by atoms with Gasteiger partial charge in [-0.1, -0.05) is 17.7 Å². The summed E-state index contributed by atoms with van der Waals surface area (Å²) in [6.45, 7) is 2.80. The highest BCUT2D eigenvalue weighted by atomic mass is 35.5. The monoisotopic (exact) mass is 770 g/mol. The molecule has 0 bridgehead atoms. The molecule has 8 rings (SSSR count). The molecule has 0 radical (unpaired) electrons. The van der Waals surface area contributed by atoms with Gasteiger partial charge in [-0.05, 0) is 76.1 Å². The van der Waals surface area contributed by atoms with Gasteiger partial charge in [0.05, 0.1) is 46.1 Å². The second kappa shape index (κ2) is 14.8. The average Bonchev–Trinajstić information content (AvgIpc) is 3.83. The van der Waals surface area contributed by atoms with Crippen molar-refractivity contribution in [1.82, 2.24) is 38.9 Å². The number of imide groups is 1. The molecule has 5 heterocycles. The Balaban J connectivity index is 0.869. The maximum Gasteiger partial charge on any atom is 0.329 e. The van der Waals surface area contributed by atoms with E-state index in [2.05, 4.69) is 49.5 Å². The summed E-state index contributed by atoms with van der Waals surface area (Å²) in [6, 6.07) is 9.73. The van der Waals surface area contributed by atoms with E-state index in [0.29, 0.717) is 35.9 Å². The van der Waals surface area contributed by atoms with Crippen molar-refractivity contribution in [1.29, 1.82) is 0 Å². The molecule has 1 unspecified atom stereocenters. The number of aromatic nitrogens is 6. The van der Waals surface area contributed by atoms with E-state index in [1.165, 1.54) is 4.68 Å². The number of nitrogens with one attached hydrogen (secondary N) is 2. The molecule has 2 aliphatic heterocycles. The third kappa shape index (κ3) is 6.99. The van der Waals surface area contributed by atoms with Gasteiger partial charge < -0.3 is 19.9 Å². The van der Waals surface area contributed by atoms with Crippen molar-refractivity contribution in [2.45, 2.75) is 69.5 Å². The van der Waals surface area contributed by atoms with Crippen LogP contribution in [0.5, 0.6) is 5.75 Å². The number of para-hydroxylation sites is 1. The van der Waals surface area contributed by atoms with Gasteiger partial charge in [0, 0.05) is 70.0 Å². The van der Waals surface area contributed by atoms with Gasteiger partial charge in [-0.15, -0.1) is 0 Å². The normalized spacial score (nSPS) is 21.1. The first kappa shape index (κ1) is 36.8. The molecule has 15 nitrogen and oxygen atoms in total. The highest BCUT2D eigenvalue weighted by Gasteiger charge is 2.33. The van der Waals surface area contributed by atoms with Crippen LogP contribution >= 0.6 is 11.6 Å². The van der Waals surface area contributed by atoms with Crippen LogP contribution in [0.2, 0.25) is 5.02 Å². The van der Waals surface area contributed by atoms with Crippen molar-refractivity contribution in [3.8, 4) is 5.75 Å². The van der Waals surface area contributed by atoms with Gasteiger partial charge in [0.25, 0.3) is 5.91 Å². The lowest BCUT2D eigenvalue weighted by Crippen LogP contribution is -2.45. The van der Waals surface area contributed by atoms with Gasteiger partial charge in [-0.2, -0.15) is 10.2 Å². The first-order chi connectivity index (χ1) is 26.5. The van der Waals surface area contributed by atoms with Crippen LogP contribution in [0.15, 0.2) is 47.5 Å². The molecular formula is C39H47ClN10O5. The number of methoxy groups -OCH3 is 1. The molecule has 16 heteroatoms. The Hall–Kier alpha value is -5.15. The van der Waals surface area contributed by atoms with E-state index in [0.717, 1.165) is 85.8 Å². The Morgan fingerprint density at radius 1 is 1.02 bits per heavy atom. The Morgan fingerprint density at radius 3 is 2.47 bits per heavy atom. The van der Waals surface area contributed by atoms with E-state index in [1.54, 1.807) is 36.5 Å². The first-order valence-electron chi connectivity index (χ1n) is 19.0. The van der Waals surface area contributed by atoms with Crippen molar-refractivity contribution in [3.05, 3.63) is 63.9 Å². The summed E-state index contributed by atoms with van der Waals surface area (Å²) in [4.78, 5) is 55.8. The minimum Gasteiger partial charge on any atom is -0.494 e. The van der Waals surface area contributed by atoms with E-state index in [9.17, 15) is 19.2 Å². The molecule has 1 atom stereocenters. The van der Waals surface area contributed by atoms with E-state index < -0.39 is 17.9 Å². The minimum absolute atomic E-state index is 0.151. The Kier molecular flexibility index (Phi) is 9.92. The van der Waals surface area contributed by atoms with Crippen molar-refractivity contribution in [3.63, 3.8) is 0 Å². The van der Waals surface area contributed by atoms with E-state index >= 15 is 0 Å². The van der Waals surface area contributed by atoms with Crippen LogP contribution in [-0.4, -0.2) is 91.2 Å². The molecule has 3 aliphatic rings. The second-order valence-corrected chi connectivity index (χ2v) is 15.7. The number of halogens is 1. The number of imidazole rings is 1. The fraction of sp³-hybridized carbons (Fsp3) is 0.487. The van der Waals surface area contributed by atoms with E-state index in [-0.39, 0.29) is 28.7 Å². The van der Waals surface area contributed by atoms with Crippen LogP contribution < -0.4 is 26.0 Å². The minimum atomic E-state index is -0.699. The number of nitrogens with zero attached hydrogens (tertiary/aromatic N) is 8. The molecule has 3 fully saturated rings. The number of benzene rings is 2. The lowest BCUT2D eigenvalue weighted by Gasteiger charge is -2.40. The van der Waals surface area contributed by atoms with Gasteiger partial charge in [0.15, 0.2) is 5.69 Å². The lowest BCUT2D eigenvalue weighted by atomic mass is 9.85. The highest BCUT2D eigenvalue weighted by Crippen LogP contribution is 2.37. The predicted octanol–water partition coefficient (Wildman–Crippen LogP) is 4.65. The quantitative estimate of drug-likeness (QED) is 0.204. The molecule has 1 saturated carbocycles. The van der Waals surface area contributed by atoms with Crippen LogP contribution in [0, 0.1) is 5.92 Å². The largest absolute Gasteiger partial charge is 0.494 e. The number of ether oxygens (including phenoxy) is 1. The molecule has 2 aromatic carbocycles. The predicted molar refractivity (Wildman–Crippen MR) is 210 cm³/mol. The summed E-state index contributed by atoms with van der Waals surface area (Å²) in [5.41, 5.74) is 3.79. The van der Waals surface area contributed by atoms with Crippen molar-refractivity contribution >= 4 is 62.6 Å². The molecule has 5 aromatic rings. The van der Waals surface area contributed by atoms with Crippen LogP contribution in [0.1, 0.15) is 73.9 Å². The molecule has 55 heavy (non-hydrogen) atoms. The summed E-state index contributed by atoms with van der Waals surface area (Å²) in [6.07, 6.45) is 10.6. The number of hydrogen-bond donors (Lipinski definition) is 2. The number of carbonyl (C=O) groups is 3. The van der Waals surface area contributed by atoms with E-state index in [1.807, 2.05) is 24.3 Å². The van der Waals surface area contributed by atoms with E-state index in [4.69, 9.17) is 21.4 Å². The number of piperidine rings is 2. The molecule has 2 N–H and O–H groups in total. The van der Waals surface area contributed by atoms with Gasteiger partial charge in [0.1, 0.15) is 11.8 Å². The summed E-state index contributed by atoms with van der Waals surface area (Å²) >= 11 is 6.20. The Bertz CT molecular complexity index is 2340. The lowest BCUT2D eigenvalue weighted by molar-refractivity contribution is -0.135. The zero-order chi connectivity index (χ0) is 38.5. The number of carbonyl (C=O) groups excluding carboxylic acids is 3. The first-order valence-corrected chi connectivity index (χ1v) is 19.4. The Labute approximate surface area is 323 Å². The van der Waals surface area contributed by atoms with Crippen LogP contribution in [-0.2, 0) is 23.7 Å². The third-order valence-corrected chi connectivity index (χ3v) is 12.1. The maximum atomic E-state index is 13.4. The summed E-state index contributed by atoms with van der Waals surface area (Å²) in [7, 11) is 7.30. The molecule has 2 saturated heterocycles. The molecule has 290 valence electrons. The number of fused-ring (bicyclic) bond motifs is 2. The van der Waals surface area contributed by atoms with Gasteiger partial charge in [-0.3, -0.25) is 38.2 Å². The number of amides is 3. The van der Waals surface area contributed by atoms with Crippen molar-refractivity contribution in [2.24, 2.45) is 20.0 Å². The SMILES string of the molecule is COc1cc2nn(C3CCC(CN(C)C4CCN(c5cccc6c5n(C)c(=O)n6C5CCC(=O)NC5=O)CC4)CC3)cc2cc1NC(=O)c1nn(C)cc1Cl. The fourth-order valence-corrected chi connectivity index (χ4v) is 9.18. The van der Waals surface area contributed by atoms with Gasteiger partial charge in [-0.25, -0.2) is 4.79 Å². The summed E-state index contributed by atoms with van der Waals surface area (Å²) in [5.74, 6) is 0.00161. The average molecular weight is 771 g/mol. The molecular weight excluding hydrogens is 724 g/mol. The van der Waals surface area contributed by atoms with Gasteiger partial charge in [0.2, 0.25) is 11.8 Å². The number of rotatable bonds is 9. The van der Waals surface area contributed by atoms with Crippen LogP contribution in [0.4, 0.5) is 11.4 Å². The molecule has 3 aromatic heterocycles. The van der Waals surface area contributed by atoms with Gasteiger partial charge >= 0.3 is 5.69 Å². The summed E-state index contributed by atoms with van der Waals surface area (Å²) < 4.78 is 12.4. The zero-order valence-electron chi connectivity index (χ0n) is 31.6. The smallest absolute Gasteiger partial charge is 0.329 e. The fourth-order valence-electron chi connectivity index (χ4n) is 8.92. The topological polar surface area (TPSA) is 154 Å². The summed E-state index contributed by atoms with van der Waals surface area (Å²) in [5, 5.41) is 15.6. The number of aryl methyl sites for hydroxylation is 2. The zero-order valence-corrected chi connectivity index (χ0v) is 32.4. The van der Waals surface area contributed by atoms with Crippen LogP contribution in [0.25, 0.3) is 21.9 Å².